The van der Waals surface area contributed by atoms with Crippen LogP contribution >= 0.6 is 34.5 Å². The third kappa shape index (κ3) is 4.05. The lowest BCUT2D eigenvalue weighted by Crippen LogP contribution is -2.29. The molecule has 2 heterocycles. The van der Waals surface area contributed by atoms with Gasteiger partial charge in [0.05, 0.1) is 34.0 Å². The Balaban J connectivity index is 1.73. The Bertz CT molecular complexity index is 1550. The second-order valence-electron chi connectivity index (χ2n) is 8.04. The molecule has 176 valence electrons. The maximum atomic E-state index is 13.4. The fourth-order valence-electron chi connectivity index (χ4n) is 4.14. The number of carbonyl (C=O) groups is 2. The number of hydrogen-bond acceptors (Lipinski definition) is 6. The van der Waals surface area contributed by atoms with E-state index in [0.29, 0.717) is 32.5 Å². The molecule has 9 heteroatoms. The van der Waals surface area contributed by atoms with Crippen molar-refractivity contribution in [3.63, 3.8) is 0 Å². The molecule has 0 radical (unpaired) electrons. The van der Waals surface area contributed by atoms with Crippen LogP contribution in [0.4, 0.5) is 5.13 Å². The molecule has 6 nitrogen and oxygen atoms in total. The number of nitrogens with zero attached hydrogens (tertiary/aromatic N) is 2. The molecule has 1 aliphatic heterocycles. The highest BCUT2D eigenvalue weighted by Gasteiger charge is 2.48. The van der Waals surface area contributed by atoms with Gasteiger partial charge in [-0.1, -0.05) is 64.4 Å². The van der Waals surface area contributed by atoms with E-state index in [9.17, 15) is 14.7 Å². The molecule has 35 heavy (non-hydrogen) atoms. The summed E-state index contributed by atoms with van der Waals surface area (Å²) in [4.78, 5) is 32.6. The van der Waals surface area contributed by atoms with E-state index in [1.54, 1.807) is 30.3 Å². The van der Waals surface area contributed by atoms with Crippen LogP contribution in [0.1, 0.15) is 22.7 Å². The van der Waals surface area contributed by atoms with E-state index in [4.69, 9.17) is 27.9 Å². The molecule has 1 amide bonds. The molecule has 0 bridgehead atoms. The van der Waals surface area contributed by atoms with Gasteiger partial charge in [0, 0.05) is 10.6 Å². The van der Waals surface area contributed by atoms with Gasteiger partial charge >= 0.3 is 5.91 Å². The van der Waals surface area contributed by atoms with Crippen molar-refractivity contribution >= 4 is 67.3 Å². The summed E-state index contributed by atoms with van der Waals surface area (Å²) in [5, 5.41) is 12.4. The average molecular weight is 525 g/mol. The summed E-state index contributed by atoms with van der Waals surface area (Å²) in [6.45, 7) is 1.92. The first-order valence-corrected chi connectivity index (χ1v) is 12.1. The van der Waals surface area contributed by atoms with Gasteiger partial charge in [-0.25, -0.2) is 4.98 Å². The molecule has 1 aliphatic rings. The number of rotatable bonds is 4. The fourth-order valence-corrected chi connectivity index (χ4v) is 5.67. The number of halogens is 2. The number of fused-ring (bicyclic) bond motifs is 1. The van der Waals surface area contributed by atoms with Gasteiger partial charge in [0.1, 0.15) is 11.5 Å². The topological polar surface area (TPSA) is 79.7 Å². The van der Waals surface area contributed by atoms with Crippen molar-refractivity contribution in [1.29, 1.82) is 0 Å². The van der Waals surface area contributed by atoms with Crippen molar-refractivity contribution in [2.75, 3.05) is 12.0 Å². The first kappa shape index (κ1) is 23.4. The second-order valence-corrected chi connectivity index (χ2v) is 9.89. The zero-order chi connectivity index (χ0) is 24.9. The summed E-state index contributed by atoms with van der Waals surface area (Å²) in [7, 11) is 1.48. The van der Waals surface area contributed by atoms with E-state index in [1.807, 2.05) is 31.2 Å². The number of ketones is 1. The zero-order valence-corrected chi connectivity index (χ0v) is 20.9. The fraction of sp³-hybridized carbons (Fsp3) is 0.115. The number of anilines is 1. The van der Waals surface area contributed by atoms with Gasteiger partial charge in [0.2, 0.25) is 0 Å². The summed E-state index contributed by atoms with van der Waals surface area (Å²) < 4.78 is 5.96. The highest BCUT2D eigenvalue weighted by Crippen LogP contribution is 2.45. The summed E-state index contributed by atoms with van der Waals surface area (Å²) in [6.07, 6.45) is 0. The molecular weight excluding hydrogens is 507 g/mol. The molecule has 1 aromatic heterocycles. The van der Waals surface area contributed by atoms with Crippen molar-refractivity contribution in [1.82, 2.24) is 4.98 Å². The van der Waals surface area contributed by atoms with Gasteiger partial charge in [-0.05, 0) is 48.9 Å². The number of ether oxygens (including phenoxy) is 1. The molecule has 1 unspecified atom stereocenters. The SMILES string of the molecule is COc1ccc(/C(O)=C2\C(=O)C(=O)N(c3nc4ccc(Cl)cc4s3)C2c2cccc(C)c2)cc1Cl. The van der Waals surface area contributed by atoms with E-state index >= 15 is 0 Å². The summed E-state index contributed by atoms with van der Waals surface area (Å²) >= 11 is 13.6. The number of Topliss-reactive ketones (excluding diaryl/α,β-unsaturated/α-hetero) is 1. The first-order chi connectivity index (χ1) is 16.8. The summed E-state index contributed by atoms with van der Waals surface area (Å²) in [5.41, 5.74) is 2.52. The third-order valence-electron chi connectivity index (χ3n) is 5.77. The standard InChI is InChI=1S/C26H18Cl2N2O4S/c1-13-4-3-5-14(10-13)22-21(23(31)15-6-9-19(34-2)17(28)11-15)24(32)25(33)30(22)26-29-18-8-7-16(27)12-20(18)35-26/h3-12,22,31H,1-2H3/b23-21+. The normalized spacial score (nSPS) is 17.4. The zero-order valence-electron chi connectivity index (χ0n) is 18.6. The Labute approximate surface area is 215 Å². The molecule has 1 N–H and O–H groups in total. The molecule has 0 spiro atoms. The van der Waals surface area contributed by atoms with Crippen LogP contribution in [-0.2, 0) is 9.59 Å². The van der Waals surface area contributed by atoms with Gasteiger partial charge < -0.3 is 9.84 Å². The lowest BCUT2D eigenvalue weighted by Gasteiger charge is -2.23. The second kappa shape index (κ2) is 9.00. The number of thiazole rings is 1. The van der Waals surface area contributed by atoms with Crippen molar-refractivity contribution in [3.05, 3.63) is 93.0 Å². The molecule has 3 aromatic carbocycles. The average Bonchev–Trinajstić information content (AvgIpc) is 3.36. The number of aryl methyl sites for hydroxylation is 1. The van der Waals surface area contributed by atoms with E-state index < -0.39 is 17.7 Å². The van der Waals surface area contributed by atoms with E-state index in [0.717, 1.165) is 10.3 Å². The Hall–Kier alpha value is -3.39. The lowest BCUT2D eigenvalue weighted by molar-refractivity contribution is -0.132. The molecule has 4 aromatic rings. The third-order valence-corrected chi connectivity index (χ3v) is 7.32. The van der Waals surface area contributed by atoms with Crippen LogP contribution in [-0.4, -0.2) is 28.9 Å². The van der Waals surface area contributed by atoms with Crippen molar-refractivity contribution in [2.45, 2.75) is 13.0 Å². The molecule has 1 fully saturated rings. The number of aromatic nitrogens is 1. The van der Waals surface area contributed by atoms with Gasteiger partial charge in [-0.15, -0.1) is 0 Å². The monoisotopic (exact) mass is 524 g/mol. The van der Waals surface area contributed by atoms with Crippen LogP contribution in [0.5, 0.6) is 5.75 Å². The number of methoxy groups -OCH3 is 1. The lowest BCUT2D eigenvalue weighted by atomic mass is 9.94. The van der Waals surface area contributed by atoms with Gasteiger partial charge in [-0.2, -0.15) is 0 Å². The molecule has 1 atom stereocenters. The van der Waals surface area contributed by atoms with Crippen LogP contribution in [0, 0.1) is 6.92 Å². The number of aliphatic hydroxyl groups excluding tert-OH is 1. The molecule has 5 rings (SSSR count). The van der Waals surface area contributed by atoms with Gasteiger partial charge in [0.15, 0.2) is 5.13 Å². The molecule has 0 saturated carbocycles. The van der Waals surface area contributed by atoms with E-state index in [-0.39, 0.29) is 16.4 Å². The Morgan fingerprint density at radius 2 is 1.89 bits per heavy atom. The van der Waals surface area contributed by atoms with Crippen LogP contribution in [0.3, 0.4) is 0 Å². The minimum absolute atomic E-state index is 0.0425. The van der Waals surface area contributed by atoms with Crippen LogP contribution in [0.25, 0.3) is 16.0 Å². The summed E-state index contributed by atoms with van der Waals surface area (Å²) in [5.74, 6) is -1.49. The Kier molecular flexibility index (Phi) is 6.01. The van der Waals surface area contributed by atoms with Crippen LogP contribution < -0.4 is 9.64 Å². The molecule has 1 saturated heterocycles. The number of aliphatic hydroxyl groups is 1. The highest BCUT2D eigenvalue weighted by atomic mass is 35.5. The number of amides is 1. The molecular formula is C26H18Cl2N2O4S. The van der Waals surface area contributed by atoms with Gasteiger partial charge in [0.25, 0.3) is 5.78 Å². The van der Waals surface area contributed by atoms with Gasteiger partial charge in [-0.3, -0.25) is 14.5 Å². The Morgan fingerprint density at radius 3 is 2.60 bits per heavy atom. The van der Waals surface area contributed by atoms with Crippen molar-refractivity contribution in [3.8, 4) is 5.75 Å². The smallest absolute Gasteiger partial charge is 0.301 e. The van der Waals surface area contributed by atoms with E-state index in [1.165, 1.54) is 29.4 Å². The largest absolute Gasteiger partial charge is 0.507 e. The van der Waals surface area contributed by atoms with Crippen LogP contribution in [0.2, 0.25) is 10.0 Å². The minimum atomic E-state index is -0.883. The molecule has 0 aliphatic carbocycles. The maximum Gasteiger partial charge on any atom is 0.301 e. The van der Waals surface area contributed by atoms with Crippen molar-refractivity contribution in [2.24, 2.45) is 0 Å². The number of benzene rings is 3. The predicted octanol–water partition coefficient (Wildman–Crippen LogP) is 6.55. The van der Waals surface area contributed by atoms with Crippen LogP contribution in [0.15, 0.2) is 66.2 Å². The Morgan fingerprint density at radius 1 is 1.09 bits per heavy atom. The number of hydrogen-bond donors (Lipinski definition) is 1. The first-order valence-electron chi connectivity index (χ1n) is 10.6. The summed E-state index contributed by atoms with van der Waals surface area (Å²) in [6, 6.07) is 16.5. The van der Waals surface area contributed by atoms with E-state index in [2.05, 4.69) is 4.98 Å². The highest BCUT2D eigenvalue weighted by molar-refractivity contribution is 7.22. The van der Waals surface area contributed by atoms with Crippen molar-refractivity contribution < 1.29 is 19.4 Å². The minimum Gasteiger partial charge on any atom is -0.507 e. The maximum absolute atomic E-state index is 13.4. The predicted molar refractivity (Wildman–Crippen MR) is 139 cm³/mol. The quantitative estimate of drug-likeness (QED) is 0.186. The number of carbonyl (C=O) groups excluding carboxylic acids is 2.